The fourth-order valence-electron chi connectivity index (χ4n) is 0.501. The number of nitrogens with zero attached hydrogens (tertiary/aromatic N) is 2. The van der Waals surface area contributed by atoms with Crippen molar-refractivity contribution in [3.05, 3.63) is 16.6 Å². The highest BCUT2D eigenvalue weighted by Gasteiger charge is 2.04. The van der Waals surface area contributed by atoms with Crippen LogP contribution < -0.4 is 0 Å². The number of thioether (sulfide) groups is 1. The van der Waals surface area contributed by atoms with Gasteiger partial charge in [-0.1, -0.05) is 23.2 Å². The molecule has 0 aliphatic rings. The molecule has 0 spiro atoms. The largest absolute Gasteiger partial charge is 0.223 e. The van der Waals surface area contributed by atoms with Gasteiger partial charge in [-0.15, -0.1) is 11.8 Å². The molecule has 0 aromatic carbocycles. The van der Waals surface area contributed by atoms with Gasteiger partial charge in [-0.05, 0) is 6.26 Å². The van der Waals surface area contributed by atoms with Crippen molar-refractivity contribution in [1.29, 1.82) is 0 Å². The monoisotopic (exact) mass is 194 g/mol. The van der Waals surface area contributed by atoms with Crippen molar-refractivity contribution in [2.24, 2.45) is 0 Å². The van der Waals surface area contributed by atoms with Crippen LogP contribution in [0.4, 0.5) is 0 Å². The summed E-state index contributed by atoms with van der Waals surface area (Å²) in [5, 5.41) is 0.819. The Balaban J connectivity index is 3.17. The van der Waals surface area contributed by atoms with Crippen LogP contribution in [0.25, 0.3) is 0 Å². The summed E-state index contributed by atoms with van der Waals surface area (Å²) in [5.41, 5.74) is 0. The lowest BCUT2D eigenvalue weighted by molar-refractivity contribution is 1.10. The molecule has 1 heterocycles. The van der Waals surface area contributed by atoms with Crippen molar-refractivity contribution in [2.75, 3.05) is 6.26 Å². The second kappa shape index (κ2) is 3.42. The summed E-state index contributed by atoms with van der Waals surface area (Å²) in [6.07, 6.45) is 3.21. The SMILES string of the molecule is CSc1c(Cl)ncnc1Cl. The van der Waals surface area contributed by atoms with E-state index in [-0.39, 0.29) is 0 Å². The van der Waals surface area contributed by atoms with Crippen molar-refractivity contribution >= 4 is 35.0 Å². The summed E-state index contributed by atoms with van der Waals surface area (Å²) < 4.78 is 0. The summed E-state index contributed by atoms with van der Waals surface area (Å²) in [4.78, 5) is 8.25. The first-order chi connectivity index (χ1) is 4.75. The minimum Gasteiger partial charge on any atom is -0.223 e. The highest BCUT2D eigenvalue weighted by Crippen LogP contribution is 2.28. The maximum atomic E-state index is 5.67. The number of hydrogen-bond acceptors (Lipinski definition) is 3. The highest BCUT2D eigenvalue weighted by molar-refractivity contribution is 7.98. The van der Waals surface area contributed by atoms with E-state index >= 15 is 0 Å². The third kappa shape index (κ3) is 1.54. The Kier molecular flexibility index (Phi) is 2.77. The number of aromatic nitrogens is 2. The zero-order valence-electron chi connectivity index (χ0n) is 5.14. The Morgan fingerprint density at radius 1 is 1.30 bits per heavy atom. The van der Waals surface area contributed by atoms with Gasteiger partial charge in [-0.2, -0.15) is 0 Å². The molecule has 0 saturated carbocycles. The quantitative estimate of drug-likeness (QED) is 0.508. The molecular formula is C5H4Cl2N2S. The van der Waals surface area contributed by atoms with Crippen LogP contribution in [0, 0.1) is 0 Å². The van der Waals surface area contributed by atoms with Crippen LogP contribution in [0.1, 0.15) is 0 Å². The van der Waals surface area contributed by atoms with Crippen molar-refractivity contribution in [3.8, 4) is 0 Å². The molecule has 0 fully saturated rings. The van der Waals surface area contributed by atoms with Gasteiger partial charge in [0.05, 0.1) is 4.90 Å². The van der Waals surface area contributed by atoms with E-state index in [1.165, 1.54) is 18.1 Å². The molecule has 1 aromatic rings. The van der Waals surface area contributed by atoms with Crippen LogP contribution in [0.3, 0.4) is 0 Å². The van der Waals surface area contributed by atoms with Gasteiger partial charge in [0.2, 0.25) is 0 Å². The topological polar surface area (TPSA) is 25.8 Å². The van der Waals surface area contributed by atoms with Crippen LogP contribution in [-0.4, -0.2) is 16.2 Å². The van der Waals surface area contributed by atoms with Gasteiger partial charge in [0.1, 0.15) is 16.6 Å². The van der Waals surface area contributed by atoms with Crippen molar-refractivity contribution in [2.45, 2.75) is 4.90 Å². The van der Waals surface area contributed by atoms with Gasteiger partial charge in [-0.25, -0.2) is 9.97 Å². The molecule has 2 nitrogen and oxygen atoms in total. The Bertz CT molecular complexity index is 221. The van der Waals surface area contributed by atoms with E-state index in [9.17, 15) is 0 Å². The molecule has 0 N–H and O–H groups in total. The summed E-state index contributed by atoms with van der Waals surface area (Å²) >= 11 is 12.8. The van der Waals surface area contributed by atoms with E-state index in [4.69, 9.17) is 23.2 Å². The highest BCUT2D eigenvalue weighted by atomic mass is 35.5. The molecule has 10 heavy (non-hydrogen) atoms. The molecule has 0 amide bonds. The molecule has 0 bridgehead atoms. The molecule has 0 radical (unpaired) electrons. The molecule has 5 heteroatoms. The van der Waals surface area contributed by atoms with E-state index in [1.54, 1.807) is 0 Å². The molecule has 0 saturated heterocycles. The second-order valence-corrected chi connectivity index (χ2v) is 3.02. The first-order valence-electron chi connectivity index (χ1n) is 2.45. The standard InChI is InChI=1S/C5H4Cl2N2S/c1-10-3-4(6)8-2-9-5(3)7/h2H,1H3. The van der Waals surface area contributed by atoms with Gasteiger partial charge in [0.25, 0.3) is 0 Å². The lowest BCUT2D eigenvalue weighted by atomic mass is 10.7. The third-order valence-electron chi connectivity index (χ3n) is 0.921. The Morgan fingerprint density at radius 2 is 1.80 bits per heavy atom. The number of hydrogen-bond donors (Lipinski definition) is 0. The second-order valence-electron chi connectivity index (χ2n) is 1.49. The fraction of sp³-hybridized carbons (Fsp3) is 0.200. The smallest absolute Gasteiger partial charge is 0.147 e. The Labute approximate surface area is 73.0 Å². The summed E-state index contributed by atoms with van der Waals surface area (Å²) in [6, 6.07) is 0. The number of rotatable bonds is 1. The van der Waals surface area contributed by atoms with E-state index in [1.807, 2.05) is 6.26 Å². The lowest BCUT2D eigenvalue weighted by Crippen LogP contribution is -1.83. The number of halogens is 2. The van der Waals surface area contributed by atoms with Crippen LogP contribution in [0.15, 0.2) is 11.2 Å². The van der Waals surface area contributed by atoms with E-state index in [0.717, 1.165) is 4.90 Å². The van der Waals surface area contributed by atoms with Crippen molar-refractivity contribution in [1.82, 2.24) is 9.97 Å². The molecule has 1 rings (SSSR count). The lowest BCUT2D eigenvalue weighted by Gasteiger charge is -1.98. The minimum absolute atomic E-state index is 0.410. The van der Waals surface area contributed by atoms with Gasteiger partial charge in [0, 0.05) is 0 Å². The van der Waals surface area contributed by atoms with Crippen LogP contribution in [0.5, 0.6) is 0 Å². The first kappa shape index (κ1) is 8.11. The predicted molar refractivity (Wildman–Crippen MR) is 43.8 cm³/mol. The minimum atomic E-state index is 0.410. The fourth-order valence-corrected chi connectivity index (χ4v) is 1.72. The van der Waals surface area contributed by atoms with Crippen LogP contribution >= 0.6 is 35.0 Å². The maximum absolute atomic E-state index is 5.67. The van der Waals surface area contributed by atoms with Gasteiger partial charge < -0.3 is 0 Å². The molecule has 0 atom stereocenters. The van der Waals surface area contributed by atoms with Gasteiger partial charge >= 0.3 is 0 Å². The molecular weight excluding hydrogens is 191 g/mol. The average Bonchev–Trinajstić information content (AvgIpc) is 1.88. The summed E-state index contributed by atoms with van der Waals surface area (Å²) in [7, 11) is 0. The van der Waals surface area contributed by atoms with Crippen molar-refractivity contribution < 1.29 is 0 Å². The van der Waals surface area contributed by atoms with Crippen molar-refractivity contribution in [3.63, 3.8) is 0 Å². The predicted octanol–water partition coefficient (Wildman–Crippen LogP) is 2.51. The third-order valence-corrected chi connectivity index (χ3v) is 2.51. The normalized spacial score (nSPS) is 9.90. The van der Waals surface area contributed by atoms with Gasteiger partial charge in [-0.3, -0.25) is 0 Å². The summed E-state index contributed by atoms with van der Waals surface area (Å²) in [6.45, 7) is 0. The average molecular weight is 195 g/mol. The van der Waals surface area contributed by atoms with Crippen LogP contribution in [-0.2, 0) is 0 Å². The Hall–Kier alpha value is 0.01000. The summed E-state index contributed by atoms with van der Waals surface area (Å²) in [5.74, 6) is 0. The Morgan fingerprint density at radius 3 is 2.10 bits per heavy atom. The molecule has 54 valence electrons. The van der Waals surface area contributed by atoms with E-state index in [0.29, 0.717) is 10.3 Å². The van der Waals surface area contributed by atoms with E-state index in [2.05, 4.69) is 9.97 Å². The van der Waals surface area contributed by atoms with E-state index < -0.39 is 0 Å². The van der Waals surface area contributed by atoms with Gasteiger partial charge in [0.15, 0.2) is 0 Å². The van der Waals surface area contributed by atoms with Crippen LogP contribution in [0.2, 0.25) is 10.3 Å². The molecule has 0 aliphatic carbocycles. The zero-order valence-corrected chi connectivity index (χ0v) is 7.46. The first-order valence-corrected chi connectivity index (χ1v) is 4.43. The maximum Gasteiger partial charge on any atom is 0.147 e. The molecule has 0 unspecified atom stereocenters. The molecule has 0 aliphatic heterocycles. The molecule has 1 aromatic heterocycles. The zero-order chi connectivity index (χ0) is 7.56.